The number of carbonyl (C=O) groups is 3. The van der Waals surface area contributed by atoms with Crippen molar-refractivity contribution in [1.82, 2.24) is 5.32 Å². The van der Waals surface area contributed by atoms with Crippen molar-refractivity contribution in [3.63, 3.8) is 0 Å². The molecule has 70 valence electrons. The van der Waals surface area contributed by atoms with E-state index in [0.29, 0.717) is 0 Å². The summed E-state index contributed by atoms with van der Waals surface area (Å²) in [5.41, 5.74) is 0. The number of ether oxygens (including phenoxy) is 1. The van der Waals surface area contributed by atoms with Crippen molar-refractivity contribution in [3.8, 4) is 0 Å². The molecule has 0 bridgehead atoms. The second-order valence-electron chi connectivity index (χ2n) is 2.10. The fourth-order valence-corrected chi connectivity index (χ4v) is 1.35. The monoisotopic (exact) mass is 285 g/mol. The fourth-order valence-electron chi connectivity index (χ4n) is 0.622. The van der Waals surface area contributed by atoms with Crippen LogP contribution in [0.2, 0.25) is 0 Å². The van der Waals surface area contributed by atoms with Crippen LogP contribution in [0.25, 0.3) is 0 Å². The van der Waals surface area contributed by atoms with E-state index < -0.39 is 17.7 Å². The first-order chi connectivity index (χ1) is 6.15. The summed E-state index contributed by atoms with van der Waals surface area (Å²) in [6, 6.07) is 0. The summed E-state index contributed by atoms with van der Waals surface area (Å²) < 4.78 is 4.35. The molecular weight excluding hydrogens is 280 g/mol. The summed E-state index contributed by atoms with van der Waals surface area (Å²) in [5.74, 6) is -1.83. The van der Waals surface area contributed by atoms with Gasteiger partial charge in [-0.15, -0.1) is 11.8 Å². The molecule has 0 aromatic carbocycles. The van der Waals surface area contributed by atoms with Crippen LogP contribution in [-0.2, 0) is 19.1 Å². The van der Waals surface area contributed by atoms with Crippen LogP contribution in [0.5, 0.6) is 0 Å². The van der Waals surface area contributed by atoms with Gasteiger partial charge in [0, 0.05) is 0 Å². The third kappa shape index (κ3) is 3.94. The molecule has 0 aromatic rings. The molecule has 0 unspecified atom stereocenters. The van der Waals surface area contributed by atoms with Gasteiger partial charge in [-0.1, -0.05) is 6.20 Å². The molecule has 0 aromatic heterocycles. The smallest absolute Gasteiger partial charge is 0.468 e. The Morgan fingerprint density at radius 1 is 1.57 bits per heavy atom. The summed E-state index contributed by atoms with van der Waals surface area (Å²) in [6.07, 6.45) is 2.36. The second kappa shape index (κ2) is 6.89. The van der Waals surface area contributed by atoms with Gasteiger partial charge in [-0.2, -0.15) is 0 Å². The minimum Gasteiger partial charge on any atom is -0.468 e. The number of hydrogen-bond acceptors (Lipinski definition) is 5. The normalized spacial score (nSPS) is 14.2. The zero-order valence-corrected chi connectivity index (χ0v) is 13.5. The predicted molar refractivity (Wildman–Crippen MR) is 44.4 cm³/mol. The van der Waals surface area contributed by atoms with Crippen LogP contribution in [-0.4, -0.2) is 30.5 Å². The van der Waals surface area contributed by atoms with Crippen LogP contribution in [0, 0.1) is 6.20 Å². The summed E-state index contributed by atoms with van der Waals surface area (Å²) in [7, 11) is 1.25. The third-order valence-corrected chi connectivity index (χ3v) is 2.22. The molecule has 0 fully saturated rings. The first-order valence-corrected chi connectivity index (χ1v) is 4.31. The molecule has 0 atom stereocenters. The van der Waals surface area contributed by atoms with Gasteiger partial charge < -0.3 is 19.6 Å². The van der Waals surface area contributed by atoms with E-state index in [1.165, 1.54) is 7.11 Å². The van der Waals surface area contributed by atoms with E-state index in [1.807, 2.05) is 0 Å². The largest absolute Gasteiger partial charge is 1.00 e. The maximum absolute atomic E-state index is 10.9. The summed E-state index contributed by atoms with van der Waals surface area (Å²) in [6.45, 7) is 0. The van der Waals surface area contributed by atoms with Gasteiger partial charge in [-0.3, -0.25) is 4.79 Å². The van der Waals surface area contributed by atoms with Crippen LogP contribution in [0.4, 0.5) is 0 Å². The number of amides is 1. The molecule has 0 radical (unpaired) electrons. The topological polar surface area (TPSA) is 72.5 Å². The second-order valence-corrected chi connectivity index (χ2v) is 3.09. The fraction of sp³-hybridized carbons (Fsp3) is 0.286. The number of nitrogens with one attached hydrogen (secondary N) is 1. The van der Waals surface area contributed by atoms with Gasteiger partial charge in [-0.05, 0) is 4.91 Å². The summed E-state index contributed by atoms with van der Waals surface area (Å²) in [4.78, 5) is 32.3. The van der Waals surface area contributed by atoms with Crippen molar-refractivity contribution in [2.75, 3.05) is 12.9 Å². The van der Waals surface area contributed by atoms with Crippen molar-refractivity contribution in [2.45, 2.75) is 0 Å². The van der Waals surface area contributed by atoms with Gasteiger partial charge in [-0.25, -0.2) is 0 Å². The maximum atomic E-state index is 10.9. The summed E-state index contributed by atoms with van der Waals surface area (Å²) >= 11 is 0.927. The van der Waals surface area contributed by atoms with E-state index in [2.05, 4.69) is 16.3 Å². The quantitative estimate of drug-likeness (QED) is 0.328. The van der Waals surface area contributed by atoms with E-state index >= 15 is 0 Å². The maximum Gasteiger partial charge on any atom is 1.00 e. The Morgan fingerprint density at radius 3 is 2.64 bits per heavy atom. The molecule has 0 spiro atoms. The number of thioether (sulfide) groups is 1. The average Bonchev–Trinajstić information content (AvgIpc) is 2.44. The molecule has 0 saturated heterocycles. The predicted octanol–water partition coefficient (Wildman–Crippen LogP) is -3.76. The van der Waals surface area contributed by atoms with E-state index in [4.69, 9.17) is 0 Å². The Kier molecular flexibility index (Phi) is 7.14. The molecule has 14 heavy (non-hydrogen) atoms. The average molecular weight is 286 g/mol. The summed E-state index contributed by atoms with van der Waals surface area (Å²) in [5, 5.41) is 2.11. The van der Waals surface area contributed by atoms with Crippen LogP contribution < -0.4 is 63.5 Å². The zero-order valence-electron chi connectivity index (χ0n) is 7.75. The number of carbonyl (C=O) groups excluding carboxylic acids is 3. The van der Waals surface area contributed by atoms with Gasteiger partial charge in [0.05, 0.1) is 18.6 Å². The Bertz CT molecular complexity index is 302. The van der Waals surface area contributed by atoms with Gasteiger partial charge >= 0.3 is 64.2 Å². The SMILES string of the molecule is COC(=O)CSC1=[C-]NC(=O)C1=O.[Rb+]. The molecule has 5 nitrogen and oxygen atoms in total. The molecule has 1 amide bonds. The zero-order chi connectivity index (χ0) is 9.84. The number of rotatable bonds is 3. The Labute approximate surface area is 134 Å². The van der Waals surface area contributed by atoms with E-state index in [9.17, 15) is 14.4 Å². The first kappa shape index (κ1) is 14.5. The standard InChI is InChI=1S/C7H6NO4S.Rb/c1-12-5(9)3-13-4-2-8-7(11)6(4)10;/h3H2,1H3,(H,8,10,11);/q-1;+1. The molecule has 1 aliphatic rings. The Hall–Kier alpha value is 0.505. The number of Topliss-reactive ketones (excluding diaryl/α,β-unsaturated/α-hetero) is 1. The van der Waals surface area contributed by atoms with Crippen molar-refractivity contribution >= 4 is 29.4 Å². The molecule has 1 rings (SSSR count). The number of methoxy groups -OCH3 is 1. The molecule has 7 heteroatoms. The molecule has 0 aliphatic carbocycles. The van der Waals surface area contributed by atoms with Crippen molar-refractivity contribution < 1.29 is 77.3 Å². The first-order valence-electron chi connectivity index (χ1n) is 3.32. The van der Waals surface area contributed by atoms with E-state index in [1.54, 1.807) is 0 Å². The number of esters is 1. The van der Waals surface area contributed by atoms with E-state index in [0.717, 1.165) is 11.8 Å². The van der Waals surface area contributed by atoms with Crippen molar-refractivity contribution in [1.29, 1.82) is 0 Å². The van der Waals surface area contributed by atoms with Crippen LogP contribution in [0.3, 0.4) is 0 Å². The van der Waals surface area contributed by atoms with Gasteiger partial charge in [0.2, 0.25) is 0 Å². The van der Waals surface area contributed by atoms with Gasteiger partial charge in [0.1, 0.15) is 5.91 Å². The Morgan fingerprint density at radius 2 is 2.21 bits per heavy atom. The van der Waals surface area contributed by atoms with Crippen LogP contribution >= 0.6 is 11.8 Å². The van der Waals surface area contributed by atoms with Crippen LogP contribution in [0.1, 0.15) is 0 Å². The molecular formula is C7H6NO4RbS. The third-order valence-electron chi connectivity index (χ3n) is 1.26. The van der Waals surface area contributed by atoms with Gasteiger partial charge in [0.15, 0.2) is 0 Å². The van der Waals surface area contributed by atoms with E-state index in [-0.39, 0.29) is 68.8 Å². The molecule has 1 aliphatic heterocycles. The molecule has 1 N–H and O–H groups in total. The Balaban J connectivity index is 0.00000169. The minimum atomic E-state index is -0.715. The molecule has 1 heterocycles. The number of hydrogen-bond donors (Lipinski definition) is 1. The minimum absolute atomic E-state index is 0. The van der Waals surface area contributed by atoms with Gasteiger partial charge in [0.25, 0.3) is 0 Å². The van der Waals surface area contributed by atoms with Crippen molar-refractivity contribution in [3.05, 3.63) is 11.1 Å². The number of ketones is 1. The van der Waals surface area contributed by atoms with Crippen LogP contribution in [0.15, 0.2) is 4.91 Å². The van der Waals surface area contributed by atoms with Crippen molar-refractivity contribution in [2.24, 2.45) is 0 Å². The molecule has 0 saturated carbocycles.